The molecule has 0 aliphatic heterocycles. The lowest BCUT2D eigenvalue weighted by Gasteiger charge is -2.07. The predicted molar refractivity (Wildman–Crippen MR) is 83.5 cm³/mol. The van der Waals surface area contributed by atoms with E-state index in [2.05, 4.69) is 24.0 Å². The first-order chi connectivity index (χ1) is 9.74. The maximum Gasteiger partial charge on any atom is 0.196 e. The largest absolute Gasteiger partial charge is 0.494 e. The number of hydrogen-bond donors (Lipinski definition) is 1. The van der Waals surface area contributed by atoms with Crippen LogP contribution in [0, 0.1) is 0 Å². The number of benzene rings is 1. The van der Waals surface area contributed by atoms with Crippen molar-refractivity contribution in [2.75, 3.05) is 12.3 Å². The lowest BCUT2D eigenvalue weighted by molar-refractivity contribution is 0.340. The van der Waals surface area contributed by atoms with Gasteiger partial charge >= 0.3 is 0 Å². The summed E-state index contributed by atoms with van der Waals surface area (Å²) >= 11 is 1.69. The van der Waals surface area contributed by atoms with Gasteiger partial charge in [0.05, 0.1) is 18.5 Å². The minimum atomic E-state index is 0.677. The Labute approximate surface area is 121 Å². The van der Waals surface area contributed by atoms with E-state index in [4.69, 9.17) is 10.5 Å². The first-order valence-corrected chi connectivity index (χ1v) is 7.54. The van der Waals surface area contributed by atoms with Crippen molar-refractivity contribution < 1.29 is 4.74 Å². The summed E-state index contributed by atoms with van der Waals surface area (Å²) in [7, 11) is 0. The zero-order valence-electron chi connectivity index (χ0n) is 11.6. The number of nitrogen functional groups attached to an aromatic ring is 1. The number of rotatable bonds is 4. The molecule has 0 spiro atoms. The number of anilines is 1. The minimum Gasteiger partial charge on any atom is -0.494 e. The second-order valence-corrected chi connectivity index (χ2v) is 5.55. The fourth-order valence-corrected chi connectivity index (χ4v) is 3.40. The molecule has 0 amide bonds. The van der Waals surface area contributed by atoms with E-state index in [0.29, 0.717) is 12.4 Å². The third-order valence-corrected chi connectivity index (χ3v) is 4.42. The lowest BCUT2D eigenvalue weighted by Crippen LogP contribution is -1.96. The molecule has 0 radical (unpaired) electrons. The summed E-state index contributed by atoms with van der Waals surface area (Å²) in [6.45, 7) is 4.81. The van der Waals surface area contributed by atoms with Crippen molar-refractivity contribution in [3.05, 3.63) is 35.3 Å². The topological polar surface area (TPSA) is 52.5 Å². The highest BCUT2D eigenvalue weighted by molar-refractivity contribution is 7.17. The standard InChI is InChI=1S/C15H17N3OS/c1-3-12-14(18-13(16)9-17-15(18)20-12)10-5-7-11(8-6-10)19-4-2/h5-9H,3-4,16H2,1-2H3. The summed E-state index contributed by atoms with van der Waals surface area (Å²) in [4.78, 5) is 6.59. The smallest absolute Gasteiger partial charge is 0.196 e. The van der Waals surface area contributed by atoms with Crippen LogP contribution in [0.4, 0.5) is 5.82 Å². The van der Waals surface area contributed by atoms with Crippen LogP contribution in [0.15, 0.2) is 30.5 Å². The Balaban J connectivity index is 2.14. The SMILES string of the molecule is CCOc1ccc(-c2c(CC)sc3ncc(N)n23)cc1. The van der Waals surface area contributed by atoms with Gasteiger partial charge in [-0.3, -0.25) is 4.40 Å². The monoisotopic (exact) mass is 287 g/mol. The van der Waals surface area contributed by atoms with Crippen molar-refractivity contribution in [1.29, 1.82) is 0 Å². The average Bonchev–Trinajstić information content (AvgIpc) is 3.00. The van der Waals surface area contributed by atoms with E-state index in [1.807, 2.05) is 23.5 Å². The van der Waals surface area contributed by atoms with Crippen molar-refractivity contribution in [3.8, 4) is 17.0 Å². The fourth-order valence-electron chi connectivity index (χ4n) is 2.33. The van der Waals surface area contributed by atoms with Crippen LogP contribution < -0.4 is 10.5 Å². The van der Waals surface area contributed by atoms with Crippen molar-refractivity contribution in [2.24, 2.45) is 0 Å². The van der Waals surface area contributed by atoms with E-state index >= 15 is 0 Å². The highest BCUT2D eigenvalue weighted by atomic mass is 32.1. The second kappa shape index (κ2) is 5.17. The van der Waals surface area contributed by atoms with Crippen LogP contribution in [0.1, 0.15) is 18.7 Å². The molecule has 0 unspecified atom stereocenters. The summed E-state index contributed by atoms with van der Waals surface area (Å²) in [6.07, 6.45) is 2.68. The molecular formula is C15H17N3OS. The van der Waals surface area contributed by atoms with Crippen molar-refractivity contribution in [1.82, 2.24) is 9.38 Å². The maximum absolute atomic E-state index is 6.04. The van der Waals surface area contributed by atoms with E-state index in [0.717, 1.165) is 28.4 Å². The molecule has 2 N–H and O–H groups in total. The van der Waals surface area contributed by atoms with E-state index in [1.165, 1.54) is 4.88 Å². The van der Waals surface area contributed by atoms with Crippen LogP contribution in [0.25, 0.3) is 16.2 Å². The Kier molecular flexibility index (Phi) is 3.36. The Morgan fingerprint density at radius 2 is 2.00 bits per heavy atom. The number of aromatic nitrogens is 2. The number of nitrogens with two attached hydrogens (primary N) is 1. The third kappa shape index (κ3) is 2.04. The first-order valence-electron chi connectivity index (χ1n) is 6.72. The molecule has 0 saturated carbocycles. The van der Waals surface area contributed by atoms with Crippen molar-refractivity contribution in [2.45, 2.75) is 20.3 Å². The van der Waals surface area contributed by atoms with Crippen molar-refractivity contribution >= 4 is 22.1 Å². The van der Waals surface area contributed by atoms with Crippen molar-refractivity contribution in [3.63, 3.8) is 0 Å². The molecule has 3 aromatic rings. The molecule has 2 heterocycles. The van der Waals surface area contributed by atoms with Gasteiger partial charge in [-0.1, -0.05) is 6.92 Å². The number of imidazole rings is 1. The van der Waals surface area contributed by atoms with Crippen LogP contribution in [-0.4, -0.2) is 16.0 Å². The number of ether oxygens (including phenoxy) is 1. The van der Waals surface area contributed by atoms with Gasteiger partial charge in [0, 0.05) is 10.4 Å². The molecule has 0 fully saturated rings. The molecule has 3 rings (SSSR count). The molecule has 0 bridgehead atoms. The summed E-state index contributed by atoms with van der Waals surface area (Å²) in [5, 5.41) is 0. The van der Waals surface area contributed by atoms with Gasteiger partial charge in [-0.05, 0) is 37.6 Å². The second-order valence-electron chi connectivity index (χ2n) is 4.49. The van der Waals surface area contributed by atoms with Crippen LogP contribution in [0.5, 0.6) is 5.75 Å². The Hall–Kier alpha value is -2.01. The molecule has 0 aliphatic rings. The Morgan fingerprint density at radius 3 is 2.65 bits per heavy atom. The molecule has 1 aromatic carbocycles. The Morgan fingerprint density at radius 1 is 1.25 bits per heavy atom. The summed E-state index contributed by atoms with van der Waals surface area (Å²) in [5.74, 6) is 1.57. The molecule has 0 atom stereocenters. The summed E-state index contributed by atoms with van der Waals surface area (Å²) in [6, 6.07) is 8.14. The number of aryl methyl sites for hydroxylation is 1. The highest BCUT2D eigenvalue weighted by Gasteiger charge is 2.15. The molecule has 4 nitrogen and oxygen atoms in total. The molecule has 5 heteroatoms. The highest BCUT2D eigenvalue weighted by Crippen LogP contribution is 2.34. The lowest BCUT2D eigenvalue weighted by atomic mass is 10.1. The van der Waals surface area contributed by atoms with Gasteiger partial charge in [0.1, 0.15) is 11.6 Å². The molecule has 104 valence electrons. The van der Waals surface area contributed by atoms with E-state index in [1.54, 1.807) is 17.5 Å². The van der Waals surface area contributed by atoms with Crippen LogP contribution in [0.2, 0.25) is 0 Å². The van der Waals surface area contributed by atoms with E-state index in [9.17, 15) is 0 Å². The molecular weight excluding hydrogens is 270 g/mol. The fraction of sp³-hybridized carbons (Fsp3) is 0.267. The predicted octanol–water partition coefficient (Wildman–Crippen LogP) is 3.61. The van der Waals surface area contributed by atoms with Crippen LogP contribution >= 0.6 is 11.3 Å². The van der Waals surface area contributed by atoms with Gasteiger partial charge < -0.3 is 10.5 Å². The van der Waals surface area contributed by atoms with E-state index < -0.39 is 0 Å². The minimum absolute atomic E-state index is 0.677. The van der Waals surface area contributed by atoms with Crippen LogP contribution in [-0.2, 0) is 6.42 Å². The van der Waals surface area contributed by atoms with E-state index in [-0.39, 0.29) is 0 Å². The summed E-state index contributed by atoms with van der Waals surface area (Å²) in [5.41, 5.74) is 8.33. The first kappa shape index (κ1) is 13.0. The molecule has 0 aliphatic carbocycles. The average molecular weight is 287 g/mol. The van der Waals surface area contributed by atoms with Crippen LogP contribution in [0.3, 0.4) is 0 Å². The number of thiazole rings is 1. The van der Waals surface area contributed by atoms with Gasteiger partial charge in [0.25, 0.3) is 0 Å². The number of nitrogens with zero attached hydrogens (tertiary/aromatic N) is 2. The maximum atomic E-state index is 6.04. The zero-order valence-corrected chi connectivity index (χ0v) is 12.4. The normalized spacial score (nSPS) is 11.1. The van der Waals surface area contributed by atoms with Gasteiger partial charge in [-0.15, -0.1) is 11.3 Å². The molecule has 20 heavy (non-hydrogen) atoms. The van der Waals surface area contributed by atoms with Gasteiger partial charge in [0.2, 0.25) is 0 Å². The number of fused-ring (bicyclic) bond motifs is 1. The Bertz CT molecular complexity index is 727. The molecule has 0 saturated heterocycles. The number of hydrogen-bond acceptors (Lipinski definition) is 4. The van der Waals surface area contributed by atoms with Gasteiger partial charge in [0.15, 0.2) is 4.96 Å². The van der Waals surface area contributed by atoms with Gasteiger partial charge in [-0.25, -0.2) is 4.98 Å². The summed E-state index contributed by atoms with van der Waals surface area (Å²) < 4.78 is 7.52. The third-order valence-electron chi connectivity index (χ3n) is 3.22. The quantitative estimate of drug-likeness (QED) is 0.797. The zero-order chi connectivity index (χ0) is 14.1. The molecule has 2 aromatic heterocycles. The van der Waals surface area contributed by atoms with Gasteiger partial charge in [-0.2, -0.15) is 0 Å².